The second-order valence-corrected chi connectivity index (χ2v) is 6.99. The van der Waals surface area contributed by atoms with Gasteiger partial charge in [-0.15, -0.1) is 10.2 Å². The molecule has 1 heterocycles. The Morgan fingerprint density at radius 3 is 2.60 bits per heavy atom. The van der Waals surface area contributed by atoms with E-state index in [1.165, 1.54) is 17.3 Å². The van der Waals surface area contributed by atoms with Crippen molar-refractivity contribution in [3.05, 3.63) is 64.9 Å². The fourth-order valence-electron chi connectivity index (χ4n) is 2.24. The van der Waals surface area contributed by atoms with Gasteiger partial charge in [0.15, 0.2) is 5.16 Å². The molecule has 0 unspecified atom stereocenters. The van der Waals surface area contributed by atoms with Crippen LogP contribution in [0.5, 0.6) is 0 Å². The second-order valence-electron chi connectivity index (χ2n) is 5.64. The first kappa shape index (κ1) is 17.5. The van der Waals surface area contributed by atoms with Crippen LogP contribution >= 0.6 is 23.4 Å². The predicted molar refractivity (Wildman–Crippen MR) is 102 cm³/mol. The molecule has 128 valence electrons. The molecule has 0 atom stereocenters. The van der Waals surface area contributed by atoms with E-state index in [2.05, 4.69) is 15.5 Å². The molecule has 0 aliphatic rings. The van der Waals surface area contributed by atoms with E-state index in [0.717, 1.165) is 11.3 Å². The molecular formula is C18H17ClN4OS. The van der Waals surface area contributed by atoms with Gasteiger partial charge in [-0.25, -0.2) is 0 Å². The van der Waals surface area contributed by atoms with Crippen molar-refractivity contribution < 1.29 is 4.79 Å². The maximum absolute atomic E-state index is 12.2. The highest BCUT2D eigenvalue weighted by Gasteiger charge is 2.11. The van der Waals surface area contributed by atoms with Crippen molar-refractivity contribution in [2.75, 3.05) is 11.1 Å². The zero-order valence-corrected chi connectivity index (χ0v) is 15.4. The van der Waals surface area contributed by atoms with Gasteiger partial charge in [-0.1, -0.05) is 47.1 Å². The van der Waals surface area contributed by atoms with Crippen LogP contribution in [0.3, 0.4) is 0 Å². The van der Waals surface area contributed by atoms with Gasteiger partial charge < -0.3 is 5.32 Å². The molecule has 1 aromatic heterocycles. The Morgan fingerprint density at radius 2 is 1.88 bits per heavy atom. The van der Waals surface area contributed by atoms with Crippen molar-refractivity contribution >= 4 is 35.0 Å². The van der Waals surface area contributed by atoms with Crippen LogP contribution < -0.4 is 5.32 Å². The number of halogens is 1. The summed E-state index contributed by atoms with van der Waals surface area (Å²) in [7, 11) is 0. The quantitative estimate of drug-likeness (QED) is 0.679. The van der Waals surface area contributed by atoms with Crippen LogP contribution in [-0.4, -0.2) is 26.4 Å². The van der Waals surface area contributed by atoms with Crippen LogP contribution in [0.2, 0.25) is 5.02 Å². The maximum Gasteiger partial charge on any atom is 0.234 e. The Morgan fingerprint density at radius 1 is 1.16 bits per heavy atom. The summed E-state index contributed by atoms with van der Waals surface area (Å²) in [5.41, 5.74) is 3.79. The van der Waals surface area contributed by atoms with E-state index in [1.54, 1.807) is 12.4 Å². The molecule has 3 aromatic rings. The molecule has 2 aromatic carbocycles. The van der Waals surface area contributed by atoms with Gasteiger partial charge in [-0.2, -0.15) is 0 Å². The first-order valence-corrected chi connectivity index (χ1v) is 9.05. The van der Waals surface area contributed by atoms with Gasteiger partial charge in [0, 0.05) is 5.69 Å². The smallest absolute Gasteiger partial charge is 0.234 e. The number of carbonyl (C=O) groups excluding carboxylic acids is 1. The molecule has 0 fully saturated rings. The van der Waals surface area contributed by atoms with Crippen molar-refractivity contribution in [2.24, 2.45) is 0 Å². The van der Waals surface area contributed by atoms with Gasteiger partial charge >= 0.3 is 0 Å². The largest absolute Gasteiger partial charge is 0.324 e. The number of anilines is 1. The van der Waals surface area contributed by atoms with Gasteiger partial charge in [-0.05, 0) is 43.7 Å². The van der Waals surface area contributed by atoms with Gasteiger partial charge in [0.1, 0.15) is 6.33 Å². The third kappa shape index (κ3) is 4.41. The number of carbonyl (C=O) groups is 1. The number of thioether (sulfide) groups is 1. The lowest BCUT2D eigenvalue weighted by Gasteiger charge is -2.09. The number of hydrogen-bond donors (Lipinski definition) is 1. The average Bonchev–Trinajstić information content (AvgIpc) is 3.05. The molecule has 0 spiro atoms. The Bertz CT molecular complexity index is 892. The standard InChI is InChI=1S/C18H17ClN4OS/c1-12-3-6-14(7-4-12)23-11-20-22-18(23)25-10-17(24)21-16-8-5-13(2)9-15(16)19/h3-9,11H,10H2,1-2H3,(H,21,24). The van der Waals surface area contributed by atoms with Gasteiger partial charge in [0.25, 0.3) is 0 Å². The number of aromatic nitrogens is 3. The molecular weight excluding hydrogens is 356 g/mol. The highest BCUT2D eigenvalue weighted by atomic mass is 35.5. The van der Waals surface area contributed by atoms with Crippen molar-refractivity contribution in [1.82, 2.24) is 14.8 Å². The van der Waals surface area contributed by atoms with Crippen molar-refractivity contribution in [1.29, 1.82) is 0 Å². The molecule has 0 aliphatic heterocycles. The number of nitrogens with zero attached hydrogens (tertiary/aromatic N) is 3. The first-order valence-electron chi connectivity index (χ1n) is 7.69. The van der Waals surface area contributed by atoms with Crippen LogP contribution in [-0.2, 0) is 4.79 Å². The summed E-state index contributed by atoms with van der Waals surface area (Å²) in [5, 5.41) is 12.0. The van der Waals surface area contributed by atoms with E-state index in [9.17, 15) is 4.79 Å². The Kier molecular flexibility index (Phi) is 5.40. The normalized spacial score (nSPS) is 10.7. The molecule has 0 saturated carbocycles. The summed E-state index contributed by atoms with van der Waals surface area (Å²) < 4.78 is 1.86. The molecule has 3 rings (SSSR count). The maximum atomic E-state index is 12.2. The highest BCUT2D eigenvalue weighted by Crippen LogP contribution is 2.24. The van der Waals surface area contributed by atoms with Crippen molar-refractivity contribution in [2.45, 2.75) is 19.0 Å². The van der Waals surface area contributed by atoms with Crippen LogP contribution in [0.15, 0.2) is 53.9 Å². The summed E-state index contributed by atoms with van der Waals surface area (Å²) in [6.07, 6.45) is 1.64. The van der Waals surface area contributed by atoms with E-state index < -0.39 is 0 Å². The second kappa shape index (κ2) is 7.72. The minimum absolute atomic E-state index is 0.144. The van der Waals surface area contributed by atoms with Gasteiger partial charge in [0.05, 0.1) is 16.5 Å². The van der Waals surface area contributed by atoms with Crippen LogP contribution in [0.4, 0.5) is 5.69 Å². The molecule has 25 heavy (non-hydrogen) atoms. The Hall–Kier alpha value is -2.31. The minimum Gasteiger partial charge on any atom is -0.324 e. The lowest BCUT2D eigenvalue weighted by atomic mass is 10.2. The van der Waals surface area contributed by atoms with Crippen LogP contribution in [0.25, 0.3) is 5.69 Å². The number of aryl methyl sites for hydroxylation is 2. The molecule has 0 aliphatic carbocycles. The molecule has 0 radical (unpaired) electrons. The number of nitrogens with one attached hydrogen (secondary N) is 1. The zero-order chi connectivity index (χ0) is 17.8. The van der Waals surface area contributed by atoms with E-state index in [0.29, 0.717) is 15.9 Å². The monoisotopic (exact) mass is 372 g/mol. The Labute approximate surface area is 155 Å². The molecule has 5 nitrogen and oxygen atoms in total. The van der Waals surface area contributed by atoms with E-state index >= 15 is 0 Å². The van der Waals surface area contributed by atoms with E-state index in [1.807, 2.05) is 54.8 Å². The summed E-state index contributed by atoms with van der Waals surface area (Å²) >= 11 is 7.47. The van der Waals surface area contributed by atoms with E-state index in [4.69, 9.17) is 11.6 Å². The van der Waals surface area contributed by atoms with Crippen LogP contribution in [0.1, 0.15) is 11.1 Å². The predicted octanol–water partition coefficient (Wildman–Crippen LogP) is 4.27. The average molecular weight is 373 g/mol. The van der Waals surface area contributed by atoms with Gasteiger partial charge in [-0.3, -0.25) is 9.36 Å². The zero-order valence-electron chi connectivity index (χ0n) is 13.9. The van der Waals surface area contributed by atoms with Crippen molar-refractivity contribution in [3.8, 4) is 5.69 Å². The fourth-order valence-corrected chi connectivity index (χ4v) is 3.25. The Balaban J connectivity index is 1.65. The SMILES string of the molecule is Cc1ccc(-n2cnnc2SCC(=O)Nc2ccc(C)cc2Cl)cc1. The first-order chi connectivity index (χ1) is 12.0. The van der Waals surface area contributed by atoms with E-state index in [-0.39, 0.29) is 11.7 Å². The highest BCUT2D eigenvalue weighted by molar-refractivity contribution is 7.99. The molecule has 0 bridgehead atoms. The molecule has 0 saturated heterocycles. The summed E-state index contributed by atoms with van der Waals surface area (Å²) in [5.74, 6) is 0.0728. The molecule has 1 N–H and O–H groups in total. The number of rotatable bonds is 5. The number of hydrogen-bond acceptors (Lipinski definition) is 4. The number of amides is 1. The van der Waals surface area contributed by atoms with Gasteiger partial charge in [0.2, 0.25) is 5.91 Å². The topological polar surface area (TPSA) is 59.8 Å². The van der Waals surface area contributed by atoms with Crippen LogP contribution in [0, 0.1) is 13.8 Å². The lowest BCUT2D eigenvalue weighted by Crippen LogP contribution is -2.14. The number of benzene rings is 2. The minimum atomic E-state index is -0.144. The lowest BCUT2D eigenvalue weighted by molar-refractivity contribution is -0.113. The molecule has 1 amide bonds. The van der Waals surface area contributed by atoms with Crippen molar-refractivity contribution in [3.63, 3.8) is 0 Å². The third-order valence-electron chi connectivity index (χ3n) is 3.56. The fraction of sp³-hybridized carbons (Fsp3) is 0.167. The summed E-state index contributed by atoms with van der Waals surface area (Å²) in [6, 6.07) is 13.6. The third-order valence-corrected chi connectivity index (χ3v) is 4.82. The molecule has 7 heteroatoms. The summed E-state index contributed by atoms with van der Waals surface area (Å²) in [4.78, 5) is 12.2. The summed E-state index contributed by atoms with van der Waals surface area (Å²) in [6.45, 7) is 3.98.